The lowest BCUT2D eigenvalue weighted by Crippen LogP contribution is -2.08. The third kappa shape index (κ3) is 6.46. The highest BCUT2D eigenvalue weighted by molar-refractivity contribution is 5.85. The topological polar surface area (TPSA) is 130 Å². The van der Waals surface area contributed by atoms with Crippen LogP contribution >= 0.6 is 24.8 Å². The average Bonchev–Trinajstić information content (AvgIpc) is 2.72. The Bertz CT molecular complexity index is 1050. The van der Waals surface area contributed by atoms with E-state index in [1.807, 2.05) is 0 Å². The highest BCUT2D eigenvalue weighted by Gasteiger charge is 2.15. The summed E-state index contributed by atoms with van der Waals surface area (Å²) in [5, 5.41) is 14.0. The van der Waals surface area contributed by atoms with Crippen molar-refractivity contribution in [1.82, 2.24) is 4.98 Å². The summed E-state index contributed by atoms with van der Waals surface area (Å²) in [5.41, 5.74) is 6.64. The van der Waals surface area contributed by atoms with Crippen molar-refractivity contribution in [3.63, 3.8) is 0 Å². The van der Waals surface area contributed by atoms with Gasteiger partial charge in [0.2, 0.25) is 5.82 Å². The number of benzene rings is 2. The Kier molecular flexibility index (Phi) is 9.52. The molecule has 1 aromatic heterocycles. The number of nitrogens with two attached hydrogens (primary N) is 1. The second-order valence-corrected chi connectivity index (χ2v) is 5.88. The number of nitrogens with one attached hydrogen (secondary N) is 1. The number of carbonyl (C=O) groups is 1. The van der Waals surface area contributed by atoms with Gasteiger partial charge in [-0.25, -0.2) is 4.98 Å². The number of para-hydroxylation sites is 1. The Morgan fingerprint density at radius 3 is 2.48 bits per heavy atom. The number of esters is 1. The van der Waals surface area contributed by atoms with E-state index < -0.39 is 10.9 Å². The number of ether oxygens (including phenoxy) is 2. The molecule has 0 aliphatic carbocycles. The van der Waals surface area contributed by atoms with E-state index in [1.165, 1.54) is 18.3 Å². The number of halogens is 2. The van der Waals surface area contributed by atoms with Crippen molar-refractivity contribution < 1.29 is 19.2 Å². The van der Waals surface area contributed by atoms with Gasteiger partial charge >= 0.3 is 11.7 Å². The number of anilines is 3. The van der Waals surface area contributed by atoms with Gasteiger partial charge in [0, 0.05) is 24.4 Å². The number of carbonyl (C=O) groups excluding carboxylic acids is 1. The van der Waals surface area contributed by atoms with Crippen LogP contribution in [0.5, 0.6) is 17.2 Å². The molecule has 3 aromatic rings. The first-order valence-electron chi connectivity index (χ1n) is 8.71. The van der Waals surface area contributed by atoms with Crippen LogP contribution in [0.1, 0.15) is 13.3 Å². The Labute approximate surface area is 190 Å². The second-order valence-electron chi connectivity index (χ2n) is 5.88. The van der Waals surface area contributed by atoms with Crippen LogP contribution in [-0.4, -0.2) is 15.9 Å². The summed E-state index contributed by atoms with van der Waals surface area (Å²) in [6.07, 6.45) is 1.67. The zero-order chi connectivity index (χ0) is 20.8. The molecule has 0 aliphatic rings. The molecule has 3 N–H and O–H groups in total. The molecule has 31 heavy (non-hydrogen) atoms. The standard InChI is InChI=1S/C20H18N4O5.2ClH/c1-2-18(25)29-19-15(21)5-3-7-17(19)28-14-10-8-13(9-11-14)23-20-16(24(26)27)6-4-12-22-20;;/h3-12H,2,21H2,1H3,(H,22,23);2*1H. The maximum Gasteiger partial charge on any atom is 0.311 e. The lowest BCUT2D eigenvalue weighted by Gasteiger charge is -2.13. The van der Waals surface area contributed by atoms with Gasteiger partial charge in [0.05, 0.1) is 10.6 Å². The molecule has 9 nitrogen and oxygen atoms in total. The summed E-state index contributed by atoms with van der Waals surface area (Å²) in [5.74, 6) is 0.629. The zero-order valence-corrected chi connectivity index (χ0v) is 17.9. The molecule has 0 atom stereocenters. The number of hydrogen-bond acceptors (Lipinski definition) is 8. The predicted molar refractivity (Wildman–Crippen MR) is 122 cm³/mol. The molecule has 0 fully saturated rings. The zero-order valence-electron chi connectivity index (χ0n) is 16.3. The number of aromatic nitrogens is 1. The monoisotopic (exact) mass is 466 g/mol. The highest BCUT2D eigenvalue weighted by Crippen LogP contribution is 2.37. The van der Waals surface area contributed by atoms with Crippen molar-refractivity contribution in [1.29, 1.82) is 0 Å². The Hall–Kier alpha value is -3.56. The minimum absolute atomic E-state index is 0. The minimum atomic E-state index is -0.508. The minimum Gasteiger partial charge on any atom is -0.453 e. The first-order chi connectivity index (χ1) is 14.0. The van der Waals surface area contributed by atoms with Crippen LogP contribution in [0.25, 0.3) is 0 Å². The Morgan fingerprint density at radius 2 is 1.84 bits per heavy atom. The van der Waals surface area contributed by atoms with Gasteiger partial charge in [0.15, 0.2) is 11.5 Å². The molecule has 0 saturated heterocycles. The normalized spacial score (nSPS) is 9.58. The van der Waals surface area contributed by atoms with Crippen LogP contribution < -0.4 is 20.5 Å². The first-order valence-corrected chi connectivity index (χ1v) is 8.71. The molecule has 0 saturated carbocycles. The number of nitro groups is 1. The SMILES string of the molecule is CCC(=O)Oc1c(N)cccc1Oc1ccc(Nc2ncccc2[N+](=O)[O-])cc1.Cl.Cl. The molecular weight excluding hydrogens is 447 g/mol. The van der Waals surface area contributed by atoms with Gasteiger partial charge in [-0.3, -0.25) is 14.9 Å². The summed E-state index contributed by atoms with van der Waals surface area (Å²) in [6.45, 7) is 1.68. The molecule has 0 amide bonds. The van der Waals surface area contributed by atoms with Crippen molar-refractivity contribution in [3.8, 4) is 17.2 Å². The fraction of sp³-hybridized carbons (Fsp3) is 0.100. The molecule has 0 bridgehead atoms. The molecule has 0 unspecified atom stereocenters. The number of pyridine rings is 1. The van der Waals surface area contributed by atoms with E-state index in [0.29, 0.717) is 17.2 Å². The van der Waals surface area contributed by atoms with E-state index in [4.69, 9.17) is 15.2 Å². The van der Waals surface area contributed by atoms with E-state index in [0.717, 1.165) is 0 Å². The Balaban J connectivity index is 0.00000240. The molecular formula is C20H20Cl2N4O5. The fourth-order valence-electron chi connectivity index (χ4n) is 2.42. The average molecular weight is 467 g/mol. The first kappa shape index (κ1) is 25.5. The highest BCUT2D eigenvalue weighted by atomic mass is 35.5. The largest absolute Gasteiger partial charge is 0.453 e. The molecule has 2 aromatic carbocycles. The maximum absolute atomic E-state index is 11.6. The molecule has 0 aliphatic heterocycles. The van der Waals surface area contributed by atoms with Crippen LogP contribution in [0.3, 0.4) is 0 Å². The van der Waals surface area contributed by atoms with E-state index in [9.17, 15) is 14.9 Å². The summed E-state index contributed by atoms with van der Waals surface area (Å²) >= 11 is 0. The van der Waals surface area contributed by atoms with E-state index in [1.54, 1.807) is 49.4 Å². The quantitative estimate of drug-likeness (QED) is 0.158. The molecule has 11 heteroatoms. The third-order valence-electron chi connectivity index (χ3n) is 3.84. The van der Waals surface area contributed by atoms with Gasteiger partial charge in [-0.2, -0.15) is 0 Å². The van der Waals surface area contributed by atoms with Crippen LogP contribution in [0.4, 0.5) is 22.9 Å². The van der Waals surface area contributed by atoms with Crippen molar-refractivity contribution >= 4 is 53.7 Å². The van der Waals surface area contributed by atoms with Crippen molar-refractivity contribution in [2.75, 3.05) is 11.1 Å². The molecule has 164 valence electrons. The van der Waals surface area contributed by atoms with Crippen molar-refractivity contribution in [3.05, 3.63) is 70.9 Å². The van der Waals surface area contributed by atoms with E-state index >= 15 is 0 Å². The summed E-state index contributed by atoms with van der Waals surface area (Å²) in [6, 6.07) is 14.5. The number of hydrogen-bond donors (Lipinski definition) is 2. The lowest BCUT2D eigenvalue weighted by atomic mass is 10.2. The van der Waals surface area contributed by atoms with Gasteiger partial charge in [0.25, 0.3) is 0 Å². The molecule has 1 heterocycles. The van der Waals surface area contributed by atoms with Crippen molar-refractivity contribution in [2.24, 2.45) is 0 Å². The smallest absolute Gasteiger partial charge is 0.311 e. The van der Waals surface area contributed by atoms with Crippen LogP contribution in [-0.2, 0) is 4.79 Å². The van der Waals surface area contributed by atoms with Gasteiger partial charge < -0.3 is 20.5 Å². The number of nitrogen functional groups attached to an aromatic ring is 1. The van der Waals surface area contributed by atoms with Crippen LogP contribution in [0.15, 0.2) is 60.8 Å². The van der Waals surface area contributed by atoms with Gasteiger partial charge in [-0.15, -0.1) is 24.8 Å². The van der Waals surface area contributed by atoms with Gasteiger partial charge in [0.1, 0.15) is 5.75 Å². The van der Waals surface area contributed by atoms with Crippen LogP contribution in [0, 0.1) is 10.1 Å². The van der Waals surface area contributed by atoms with E-state index in [2.05, 4.69) is 10.3 Å². The van der Waals surface area contributed by atoms with E-state index in [-0.39, 0.29) is 54.2 Å². The maximum atomic E-state index is 11.6. The predicted octanol–water partition coefficient (Wildman–Crippen LogP) is 5.27. The Morgan fingerprint density at radius 1 is 1.13 bits per heavy atom. The number of rotatable bonds is 7. The van der Waals surface area contributed by atoms with Crippen LogP contribution in [0.2, 0.25) is 0 Å². The third-order valence-corrected chi connectivity index (χ3v) is 3.84. The number of nitrogens with zero attached hydrogens (tertiary/aromatic N) is 2. The summed E-state index contributed by atoms with van der Waals surface area (Å²) in [4.78, 5) is 26.2. The van der Waals surface area contributed by atoms with Gasteiger partial charge in [-0.1, -0.05) is 13.0 Å². The van der Waals surface area contributed by atoms with Crippen molar-refractivity contribution in [2.45, 2.75) is 13.3 Å². The molecule has 0 radical (unpaired) electrons. The second kappa shape index (κ2) is 11.6. The fourth-order valence-corrected chi connectivity index (χ4v) is 2.42. The summed E-state index contributed by atoms with van der Waals surface area (Å²) in [7, 11) is 0. The molecule has 0 spiro atoms. The lowest BCUT2D eigenvalue weighted by molar-refractivity contribution is -0.384. The molecule has 3 rings (SSSR count). The van der Waals surface area contributed by atoms with Gasteiger partial charge in [-0.05, 0) is 42.5 Å². The summed E-state index contributed by atoms with van der Waals surface area (Å²) < 4.78 is 11.1.